The molecule has 0 aliphatic carbocycles. The van der Waals surface area contributed by atoms with Crippen molar-refractivity contribution in [1.82, 2.24) is 4.57 Å². The number of halogens is 2. The second-order valence-corrected chi connectivity index (χ2v) is 4.84. The molecule has 0 spiro atoms. The number of hydrogen-bond donors (Lipinski definition) is 2. The Hall–Kier alpha value is -2.01. The summed E-state index contributed by atoms with van der Waals surface area (Å²) in [4.78, 5) is 12.2. The molecule has 0 radical (unpaired) electrons. The van der Waals surface area contributed by atoms with Crippen LogP contribution in [0.5, 0.6) is 0 Å². The van der Waals surface area contributed by atoms with Gasteiger partial charge in [0.15, 0.2) is 0 Å². The Balaban J connectivity index is 2.23. The molecule has 0 fully saturated rings. The van der Waals surface area contributed by atoms with Gasteiger partial charge in [-0.1, -0.05) is 18.5 Å². The number of amides is 1. The van der Waals surface area contributed by atoms with E-state index < -0.39 is 5.82 Å². The van der Waals surface area contributed by atoms with Gasteiger partial charge in [0.05, 0.1) is 16.4 Å². The van der Waals surface area contributed by atoms with Crippen molar-refractivity contribution in [1.29, 1.82) is 0 Å². The van der Waals surface area contributed by atoms with E-state index in [1.165, 1.54) is 12.1 Å². The Morgan fingerprint density at radius 1 is 1.45 bits per heavy atom. The average molecular weight is 296 g/mol. The molecule has 2 rings (SSSR count). The van der Waals surface area contributed by atoms with Crippen LogP contribution >= 0.6 is 11.6 Å². The Morgan fingerprint density at radius 2 is 2.20 bits per heavy atom. The summed E-state index contributed by atoms with van der Waals surface area (Å²) in [5.41, 5.74) is 7.05. The van der Waals surface area contributed by atoms with Gasteiger partial charge in [0, 0.05) is 12.7 Å². The molecule has 0 aliphatic heterocycles. The van der Waals surface area contributed by atoms with Gasteiger partial charge in [-0.15, -0.1) is 0 Å². The van der Waals surface area contributed by atoms with Gasteiger partial charge in [0.2, 0.25) is 0 Å². The van der Waals surface area contributed by atoms with Crippen LogP contribution in [-0.2, 0) is 6.54 Å². The molecule has 1 heterocycles. The molecular weight excluding hydrogens is 281 g/mol. The molecule has 0 atom stereocenters. The van der Waals surface area contributed by atoms with Crippen LogP contribution in [0.1, 0.15) is 23.8 Å². The van der Waals surface area contributed by atoms with Gasteiger partial charge in [-0.2, -0.15) is 0 Å². The first-order valence-electron chi connectivity index (χ1n) is 6.23. The topological polar surface area (TPSA) is 60.0 Å². The number of anilines is 2. The van der Waals surface area contributed by atoms with Crippen LogP contribution in [0.15, 0.2) is 30.5 Å². The minimum absolute atomic E-state index is 0.153. The molecule has 0 aliphatic rings. The van der Waals surface area contributed by atoms with Crippen molar-refractivity contribution in [3.8, 4) is 0 Å². The van der Waals surface area contributed by atoms with Crippen LogP contribution in [0.4, 0.5) is 15.8 Å². The number of aryl methyl sites for hydroxylation is 1. The van der Waals surface area contributed by atoms with E-state index >= 15 is 0 Å². The smallest absolute Gasteiger partial charge is 0.272 e. The molecule has 1 aromatic carbocycles. The van der Waals surface area contributed by atoms with E-state index in [1.54, 1.807) is 16.8 Å². The average Bonchev–Trinajstić information content (AvgIpc) is 2.74. The second kappa shape index (κ2) is 5.96. The van der Waals surface area contributed by atoms with Crippen molar-refractivity contribution in [3.63, 3.8) is 0 Å². The first-order valence-corrected chi connectivity index (χ1v) is 6.61. The van der Waals surface area contributed by atoms with E-state index in [0.29, 0.717) is 23.6 Å². The molecule has 20 heavy (non-hydrogen) atoms. The lowest BCUT2D eigenvalue weighted by Crippen LogP contribution is -2.17. The van der Waals surface area contributed by atoms with Crippen molar-refractivity contribution < 1.29 is 9.18 Å². The van der Waals surface area contributed by atoms with Crippen molar-refractivity contribution in [2.45, 2.75) is 19.9 Å². The third-order valence-corrected chi connectivity index (χ3v) is 3.11. The highest BCUT2D eigenvalue weighted by atomic mass is 35.5. The number of carbonyl (C=O) groups excluding carboxylic acids is 1. The molecule has 1 aromatic heterocycles. The molecule has 0 saturated carbocycles. The van der Waals surface area contributed by atoms with E-state index in [0.717, 1.165) is 12.5 Å². The number of nitrogen functional groups attached to an aromatic ring is 1. The zero-order valence-electron chi connectivity index (χ0n) is 11.0. The van der Waals surface area contributed by atoms with E-state index in [1.807, 2.05) is 6.92 Å². The molecule has 2 aromatic rings. The van der Waals surface area contributed by atoms with Gasteiger partial charge in [0.25, 0.3) is 5.91 Å². The van der Waals surface area contributed by atoms with Gasteiger partial charge in [-0.05, 0) is 30.7 Å². The van der Waals surface area contributed by atoms with Crippen molar-refractivity contribution in [3.05, 3.63) is 47.0 Å². The highest BCUT2D eigenvalue weighted by Gasteiger charge is 2.14. The van der Waals surface area contributed by atoms with Crippen LogP contribution in [0.25, 0.3) is 0 Å². The number of carbonyl (C=O) groups is 1. The lowest BCUT2D eigenvalue weighted by molar-refractivity contribution is 0.101. The molecule has 0 bridgehead atoms. The molecule has 3 N–H and O–H groups in total. The van der Waals surface area contributed by atoms with Crippen LogP contribution < -0.4 is 11.1 Å². The summed E-state index contributed by atoms with van der Waals surface area (Å²) >= 11 is 5.88. The summed E-state index contributed by atoms with van der Waals surface area (Å²) in [5, 5.41) is 2.80. The number of benzene rings is 1. The third kappa shape index (κ3) is 3.11. The Kier molecular flexibility index (Phi) is 4.29. The predicted molar refractivity (Wildman–Crippen MR) is 78.5 cm³/mol. The first-order chi connectivity index (χ1) is 9.51. The molecular formula is C14H15ClFN3O. The van der Waals surface area contributed by atoms with Crippen molar-refractivity contribution in [2.24, 2.45) is 0 Å². The molecule has 4 nitrogen and oxygen atoms in total. The van der Waals surface area contributed by atoms with Crippen LogP contribution in [0.2, 0.25) is 5.02 Å². The highest BCUT2D eigenvalue weighted by Crippen LogP contribution is 2.23. The van der Waals surface area contributed by atoms with Crippen molar-refractivity contribution in [2.75, 3.05) is 11.1 Å². The second-order valence-electron chi connectivity index (χ2n) is 4.43. The summed E-state index contributed by atoms with van der Waals surface area (Å²) in [7, 11) is 0. The maximum atomic E-state index is 13.0. The summed E-state index contributed by atoms with van der Waals surface area (Å²) in [6.45, 7) is 2.70. The minimum atomic E-state index is -0.452. The zero-order chi connectivity index (χ0) is 14.7. The van der Waals surface area contributed by atoms with Gasteiger partial charge >= 0.3 is 0 Å². The van der Waals surface area contributed by atoms with Gasteiger partial charge in [-0.3, -0.25) is 4.79 Å². The number of nitrogens with one attached hydrogen (secondary N) is 1. The third-order valence-electron chi connectivity index (χ3n) is 2.79. The van der Waals surface area contributed by atoms with Gasteiger partial charge in [0.1, 0.15) is 11.5 Å². The molecule has 0 saturated heterocycles. The number of nitrogens with zero attached hydrogens (tertiary/aromatic N) is 1. The maximum Gasteiger partial charge on any atom is 0.272 e. The normalized spacial score (nSPS) is 10.6. The van der Waals surface area contributed by atoms with Gasteiger partial charge < -0.3 is 15.6 Å². The number of hydrogen-bond acceptors (Lipinski definition) is 2. The SMILES string of the molecule is CCCn1cc(N)cc1C(=O)Nc1ccc(F)cc1Cl. The fourth-order valence-electron chi connectivity index (χ4n) is 1.93. The summed E-state index contributed by atoms with van der Waals surface area (Å²) < 4.78 is 14.7. The summed E-state index contributed by atoms with van der Waals surface area (Å²) in [6.07, 6.45) is 2.59. The monoisotopic (exact) mass is 295 g/mol. The number of nitrogens with two attached hydrogens (primary N) is 1. The van der Waals surface area contributed by atoms with E-state index in [2.05, 4.69) is 5.32 Å². The van der Waals surface area contributed by atoms with E-state index in [-0.39, 0.29) is 10.9 Å². The fraction of sp³-hybridized carbons (Fsp3) is 0.214. The van der Waals surface area contributed by atoms with Crippen LogP contribution in [-0.4, -0.2) is 10.5 Å². The quantitative estimate of drug-likeness (QED) is 0.906. The minimum Gasteiger partial charge on any atom is -0.397 e. The van der Waals surface area contributed by atoms with Gasteiger partial charge in [-0.25, -0.2) is 4.39 Å². The Bertz CT molecular complexity index is 639. The zero-order valence-corrected chi connectivity index (χ0v) is 11.7. The van der Waals surface area contributed by atoms with E-state index in [4.69, 9.17) is 17.3 Å². The Morgan fingerprint density at radius 3 is 2.85 bits per heavy atom. The molecule has 6 heteroatoms. The summed E-state index contributed by atoms with van der Waals surface area (Å²) in [6, 6.07) is 5.41. The maximum absolute atomic E-state index is 13.0. The molecule has 1 amide bonds. The Labute approximate surface area is 121 Å². The molecule has 106 valence electrons. The standard InChI is InChI=1S/C14H15ClFN3O/c1-2-5-19-8-10(17)7-13(19)14(20)18-12-4-3-9(16)6-11(12)15/h3-4,6-8H,2,5,17H2,1H3,(H,18,20). The van der Waals surface area contributed by atoms with Crippen LogP contribution in [0, 0.1) is 5.82 Å². The lowest BCUT2D eigenvalue weighted by Gasteiger charge is -2.09. The first kappa shape index (κ1) is 14.4. The summed E-state index contributed by atoms with van der Waals surface area (Å²) in [5.74, 6) is -0.782. The fourth-order valence-corrected chi connectivity index (χ4v) is 2.14. The molecule has 0 unspecified atom stereocenters. The lowest BCUT2D eigenvalue weighted by atomic mass is 10.3. The largest absolute Gasteiger partial charge is 0.397 e. The van der Waals surface area contributed by atoms with Crippen LogP contribution in [0.3, 0.4) is 0 Å². The highest BCUT2D eigenvalue weighted by molar-refractivity contribution is 6.33. The predicted octanol–water partition coefficient (Wildman–Crippen LogP) is 3.53. The van der Waals surface area contributed by atoms with Crippen molar-refractivity contribution >= 4 is 28.9 Å². The van der Waals surface area contributed by atoms with E-state index in [9.17, 15) is 9.18 Å². The number of aromatic nitrogens is 1. The number of rotatable bonds is 4.